The van der Waals surface area contributed by atoms with Crippen molar-refractivity contribution in [2.75, 3.05) is 39.3 Å². The minimum absolute atomic E-state index is 0.0180. The van der Waals surface area contributed by atoms with Gasteiger partial charge in [0.25, 0.3) is 0 Å². The Labute approximate surface area is 164 Å². The predicted molar refractivity (Wildman–Crippen MR) is 113 cm³/mol. The maximum absolute atomic E-state index is 12.5. The topological polar surface area (TPSA) is 35.6 Å². The molecule has 27 heavy (non-hydrogen) atoms. The van der Waals surface area contributed by atoms with Gasteiger partial charge >= 0.3 is 0 Å². The Kier molecular flexibility index (Phi) is 7.91. The molecule has 0 bridgehead atoms. The van der Waals surface area contributed by atoms with Crippen LogP contribution < -0.4 is 5.32 Å². The van der Waals surface area contributed by atoms with Crippen LogP contribution >= 0.6 is 0 Å². The third-order valence-electron chi connectivity index (χ3n) is 6.10. The Morgan fingerprint density at radius 2 is 1.81 bits per heavy atom. The molecule has 2 fully saturated rings. The Morgan fingerprint density at radius 1 is 1.11 bits per heavy atom. The van der Waals surface area contributed by atoms with Gasteiger partial charge in [-0.05, 0) is 31.2 Å². The third kappa shape index (κ3) is 6.47. The summed E-state index contributed by atoms with van der Waals surface area (Å²) < 4.78 is 0. The summed E-state index contributed by atoms with van der Waals surface area (Å²) in [5.74, 6) is 0.904. The largest absolute Gasteiger partial charge is 0.354 e. The van der Waals surface area contributed by atoms with Crippen LogP contribution in [0.5, 0.6) is 0 Å². The molecule has 1 saturated heterocycles. The predicted octanol–water partition coefficient (Wildman–Crippen LogP) is 3.40. The van der Waals surface area contributed by atoms with Gasteiger partial charge in [-0.25, -0.2) is 0 Å². The monoisotopic (exact) mass is 369 g/mol. The van der Waals surface area contributed by atoms with Crippen LogP contribution in [0, 0.1) is 5.92 Å². The molecule has 2 aliphatic rings. The number of carbonyl (C=O) groups excluding carboxylic acids is 1. The van der Waals surface area contributed by atoms with E-state index in [4.69, 9.17) is 0 Å². The van der Waals surface area contributed by atoms with Crippen molar-refractivity contribution >= 4 is 12.0 Å². The maximum Gasteiger partial charge on any atom is 0.237 e. The molecule has 1 atom stereocenters. The van der Waals surface area contributed by atoms with Crippen LogP contribution in [0.15, 0.2) is 36.4 Å². The number of benzene rings is 1. The molecule has 0 unspecified atom stereocenters. The standard InChI is InChI=1S/C23H35N3O/c1-20(23(27)24-19-22-11-6-3-7-12-22)26-17-15-25(16-18-26)14-8-13-21-9-4-2-5-10-21/h2,4-5,8-10,13,20,22H,3,6-7,11-12,14-19H2,1H3,(H,24,27)/b13-8+/t20-/m0/s1. The third-order valence-corrected chi connectivity index (χ3v) is 6.10. The van der Waals surface area contributed by atoms with Crippen molar-refractivity contribution in [3.8, 4) is 0 Å². The molecule has 1 saturated carbocycles. The summed E-state index contributed by atoms with van der Waals surface area (Å²) in [5.41, 5.74) is 1.25. The Morgan fingerprint density at radius 3 is 2.52 bits per heavy atom. The van der Waals surface area contributed by atoms with Crippen LogP contribution in [0.3, 0.4) is 0 Å². The van der Waals surface area contributed by atoms with Crippen LogP contribution in [0.1, 0.15) is 44.6 Å². The van der Waals surface area contributed by atoms with Crippen LogP contribution in [-0.2, 0) is 4.79 Å². The fraction of sp³-hybridized carbons (Fsp3) is 0.609. The van der Waals surface area contributed by atoms with Crippen molar-refractivity contribution in [2.24, 2.45) is 5.92 Å². The summed E-state index contributed by atoms with van der Waals surface area (Å²) in [6, 6.07) is 10.4. The summed E-state index contributed by atoms with van der Waals surface area (Å²) in [7, 11) is 0. The van der Waals surface area contributed by atoms with Gasteiger partial charge in [-0.3, -0.25) is 14.6 Å². The molecule has 1 aromatic carbocycles. The van der Waals surface area contributed by atoms with Crippen LogP contribution in [0.4, 0.5) is 0 Å². The zero-order valence-corrected chi connectivity index (χ0v) is 16.8. The van der Waals surface area contributed by atoms with Gasteiger partial charge in [0, 0.05) is 39.3 Å². The van der Waals surface area contributed by atoms with Gasteiger partial charge in [-0.15, -0.1) is 0 Å². The van der Waals surface area contributed by atoms with E-state index >= 15 is 0 Å². The van der Waals surface area contributed by atoms with Crippen molar-refractivity contribution in [1.82, 2.24) is 15.1 Å². The lowest BCUT2D eigenvalue weighted by Crippen LogP contribution is -2.54. The van der Waals surface area contributed by atoms with Crippen molar-refractivity contribution < 1.29 is 4.79 Å². The first-order chi connectivity index (χ1) is 13.2. The molecule has 0 spiro atoms. The number of hydrogen-bond donors (Lipinski definition) is 1. The molecule has 4 nitrogen and oxygen atoms in total. The van der Waals surface area contributed by atoms with Crippen molar-refractivity contribution in [2.45, 2.75) is 45.1 Å². The molecule has 148 valence electrons. The number of rotatable bonds is 7. The Bertz CT molecular complexity index is 587. The number of piperazine rings is 1. The van der Waals surface area contributed by atoms with Gasteiger partial charge in [0.05, 0.1) is 6.04 Å². The van der Waals surface area contributed by atoms with Crippen molar-refractivity contribution in [3.05, 3.63) is 42.0 Å². The first-order valence-corrected chi connectivity index (χ1v) is 10.7. The molecule has 0 aromatic heterocycles. The Hall–Kier alpha value is -1.65. The molecule has 1 aromatic rings. The minimum Gasteiger partial charge on any atom is -0.354 e. The van der Waals surface area contributed by atoms with Crippen LogP contribution in [0.25, 0.3) is 6.08 Å². The van der Waals surface area contributed by atoms with Gasteiger partial charge in [-0.1, -0.05) is 61.7 Å². The lowest BCUT2D eigenvalue weighted by molar-refractivity contribution is -0.126. The van der Waals surface area contributed by atoms with E-state index in [1.54, 1.807) is 0 Å². The second-order valence-electron chi connectivity index (χ2n) is 8.07. The molecular formula is C23H35N3O. The van der Waals surface area contributed by atoms with Crippen LogP contribution in [0.2, 0.25) is 0 Å². The van der Waals surface area contributed by atoms with E-state index < -0.39 is 0 Å². The quantitative estimate of drug-likeness (QED) is 0.800. The molecule has 1 aliphatic heterocycles. The van der Waals surface area contributed by atoms with Crippen LogP contribution in [-0.4, -0.2) is 61.0 Å². The van der Waals surface area contributed by atoms with Gasteiger partial charge in [-0.2, -0.15) is 0 Å². The van der Waals surface area contributed by atoms with Gasteiger partial charge < -0.3 is 5.32 Å². The van der Waals surface area contributed by atoms with Gasteiger partial charge in [0.2, 0.25) is 5.91 Å². The van der Waals surface area contributed by atoms with Crippen molar-refractivity contribution in [1.29, 1.82) is 0 Å². The van der Waals surface area contributed by atoms with E-state index in [1.807, 2.05) is 6.07 Å². The molecule has 0 radical (unpaired) electrons. The highest BCUT2D eigenvalue weighted by molar-refractivity contribution is 5.81. The van der Waals surface area contributed by atoms with Gasteiger partial charge in [0.1, 0.15) is 0 Å². The lowest BCUT2D eigenvalue weighted by atomic mass is 9.89. The summed E-state index contributed by atoms with van der Waals surface area (Å²) in [5, 5.41) is 3.21. The molecule has 3 rings (SSSR count). The SMILES string of the molecule is C[C@@H](C(=O)NCC1CCCCC1)N1CCN(C/C=C/c2ccccc2)CC1. The number of nitrogens with one attached hydrogen (secondary N) is 1. The lowest BCUT2D eigenvalue weighted by Gasteiger charge is -2.37. The summed E-state index contributed by atoms with van der Waals surface area (Å²) in [6.45, 7) is 7.90. The first-order valence-electron chi connectivity index (χ1n) is 10.7. The molecule has 1 aliphatic carbocycles. The molecule has 1 N–H and O–H groups in total. The van der Waals surface area contributed by atoms with Crippen molar-refractivity contribution in [3.63, 3.8) is 0 Å². The molecule has 1 heterocycles. The number of nitrogens with zero attached hydrogens (tertiary/aromatic N) is 2. The highest BCUT2D eigenvalue weighted by Crippen LogP contribution is 2.22. The second-order valence-corrected chi connectivity index (χ2v) is 8.07. The highest BCUT2D eigenvalue weighted by Gasteiger charge is 2.25. The molecule has 4 heteroatoms. The van der Waals surface area contributed by atoms with E-state index in [9.17, 15) is 4.79 Å². The van der Waals surface area contributed by atoms with E-state index in [1.165, 1.54) is 37.7 Å². The van der Waals surface area contributed by atoms with Gasteiger partial charge in [0.15, 0.2) is 0 Å². The zero-order valence-electron chi connectivity index (χ0n) is 16.8. The van der Waals surface area contributed by atoms with E-state index in [0.717, 1.165) is 39.3 Å². The molecular weight excluding hydrogens is 334 g/mol. The first kappa shape index (κ1) is 20.1. The summed E-state index contributed by atoms with van der Waals surface area (Å²) in [4.78, 5) is 17.3. The highest BCUT2D eigenvalue weighted by atomic mass is 16.2. The number of amides is 1. The average molecular weight is 370 g/mol. The zero-order chi connectivity index (χ0) is 18.9. The minimum atomic E-state index is -0.0180. The van der Waals surface area contributed by atoms with E-state index in [0.29, 0.717) is 5.92 Å². The number of carbonyl (C=O) groups is 1. The normalized spacial score (nSPS) is 21.4. The van der Waals surface area contributed by atoms with E-state index in [2.05, 4.69) is 58.5 Å². The fourth-order valence-electron chi connectivity index (χ4n) is 4.18. The molecule has 1 amide bonds. The van der Waals surface area contributed by atoms with E-state index in [-0.39, 0.29) is 11.9 Å². The Balaban J connectivity index is 1.35. The smallest absolute Gasteiger partial charge is 0.237 e. The number of hydrogen-bond acceptors (Lipinski definition) is 3. The average Bonchev–Trinajstić information content (AvgIpc) is 2.73. The maximum atomic E-state index is 12.5. The summed E-state index contributed by atoms with van der Waals surface area (Å²) >= 11 is 0. The second kappa shape index (κ2) is 10.6. The fourth-order valence-corrected chi connectivity index (χ4v) is 4.18. The summed E-state index contributed by atoms with van der Waals surface area (Å²) in [6.07, 6.45) is 11.0.